The third kappa shape index (κ3) is 2.60. The second-order valence-electron chi connectivity index (χ2n) is 5.90. The van der Waals surface area contributed by atoms with Gasteiger partial charge in [-0.05, 0) is 29.3 Å². The van der Waals surface area contributed by atoms with Crippen molar-refractivity contribution in [3.05, 3.63) is 77.9 Å². The molecule has 1 aliphatic rings. The highest BCUT2D eigenvalue weighted by Gasteiger charge is 2.31. The van der Waals surface area contributed by atoms with Crippen LogP contribution in [0.2, 0.25) is 0 Å². The van der Waals surface area contributed by atoms with Crippen LogP contribution in [0.15, 0.2) is 66.7 Å². The Morgan fingerprint density at radius 3 is 2.57 bits per heavy atom. The fraction of sp³-hybridized carbons (Fsp3) is 0.238. The molecule has 3 aromatic rings. The van der Waals surface area contributed by atoms with E-state index in [-0.39, 0.29) is 6.29 Å². The van der Waals surface area contributed by atoms with Gasteiger partial charge in [-0.1, -0.05) is 60.7 Å². The molecular weight excluding hydrogens is 284 g/mol. The predicted octanol–water partition coefficient (Wildman–Crippen LogP) is 5.12. The van der Waals surface area contributed by atoms with Crippen LogP contribution >= 0.6 is 0 Å². The highest BCUT2D eigenvalue weighted by molar-refractivity contribution is 5.89. The standard InChI is InChI=1S/C21H20O2/c1-2-22-20-14-18(15-8-4-3-5-9-15)21-17-11-7-6-10-16(17)12-13-19(21)23-20/h3-13,18,20H,2,14H2,1H3. The van der Waals surface area contributed by atoms with E-state index >= 15 is 0 Å². The average molecular weight is 304 g/mol. The van der Waals surface area contributed by atoms with Gasteiger partial charge in [0, 0.05) is 24.5 Å². The summed E-state index contributed by atoms with van der Waals surface area (Å²) in [5, 5.41) is 2.53. The van der Waals surface area contributed by atoms with Crippen molar-refractivity contribution in [3.63, 3.8) is 0 Å². The first kappa shape index (κ1) is 14.3. The molecule has 0 spiro atoms. The van der Waals surface area contributed by atoms with Crippen LogP contribution in [0.25, 0.3) is 10.8 Å². The molecule has 2 atom stereocenters. The van der Waals surface area contributed by atoms with Gasteiger partial charge >= 0.3 is 0 Å². The summed E-state index contributed by atoms with van der Waals surface area (Å²) in [7, 11) is 0. The van der Waals surface area contributed by atoms with Gasteiger partial charge in [0.25, 0.3) is 0 Å². The quantitative estimate of drug-likeness (QED) is 0.669. The molecule has 0 saturated carbocycles. The highest BCUT2D eigenvalue weighted by Crippen LogP contribution is 2.44. The number of ether oxygens (including phenoxy) is 2. The summed E-state index contributed by atoms with van der Waals surface area (Å²) >= 11 is 0. The molecular formula is C21H20O2. The monoisotopic (exact) mass is 304 g/mol. The van der Waals surface area contributed by atoms with E-state index in [0.717, 1.165) is 12.2 Å². The van der Waals surface area contributed by atoms with Crippen LogP contribution in [-0.4, -0.2) is 12.9 Å². The summed E-state index contributed by atoms with van der Waals surface area (Å²) in [6, 6.07) is 23.4. The molecule has 0 aliphatic carbocycles. The molecule has 0 amide bonds. The van der Waals surface area contributed by atoms with Crippen LogP contribution in [0.4, 0.5) is 0 Å². The van der Waals surface area contributed by atoms with Crippen LogP contribution in [0.5, 0.6) is 5.75 Å². The van der Waals surface area contributed by atoms with Gasteiger partial charge in [0.2, 0.25) is 6.29 Å². The van der Waals surface area contributed by atoms with Crippen molar-refractivity contribution >= 4 is 10.8 Å². The van der Waals surface area contributed by atoms with Gasteiger partial charge in [0.1, 0.15) is 5.75 Å². The fourth-order valence-electron chi connectivity index (χ4n) is 3.51. The Balaban J connectivity index is 1.90. The Labute approximate surface area is 136 Å². The highest BCUT2D eigenvalue weighted by atomic mass is 16.7. The Kier molecular flexibility index (Phi) is 3.76. The van der Waals surface area contributed by atoms with E-state index in [1.165, 1.54) is 21.9 Å². The van der Waals surface area contributed by atoms with E-state index in [9.17, 15) is 0 Å². The van der Waals surface area contributed by atoms with Crippen molar-refractivity contribution in [2.75, 3.05) is 6.61 Å². The lowest BCUT2D eigenvalue weighted by atomic mass is 9.83. The number of hydrogen-bond donors (Lipinski definition) is 0. The number of hydrogen-bond acceptors (Lipinski definition) is 2. The third-order valence-corrected chi connectivity index (χ3v) is 4.52. The number of benzene rings is 3. The smallest absolute Gasteiger partial charge is 0.200 e. The Bertz CT molecular complexity index is 810. The van der Waals surface area contributed by atoms with Crippen molar-refractivity contribution in [1.82, 2.24) is 0 Å². The van der Waals surface area contributed by atoms with Crippen molar-refractivity contribution in [2.24, 2.45) is 0 Å². The van der Waals surface area contributed by atoms with E-state index in [1.54, 1.807) is 0 Å². The second-order valence-corrected chi connectivity index (χ2v) is 5.90. The summed E-state index contributed by atoms with van der Waals surface area (Å²) in [5.74, 6) is 1.24. The SMILES string of the molecule is CCOC1CC(c2ccccc2)c2c(ccc3ccccc23)O1. The maximum Gasteiger partial charge on any atom is 0.200 e. The lowest BCUT2D eigenvalue weighted by molar-refractivity contribution is -0.0891. The zero-order chi connectivity index (χ0) is 15.6. The molecule has 0 N–H and O–H groups in total. The van der Waals surface area contributed by atoms with Gasteiger partial charge in [-0.15, -0.1) is 0 Å². The molecule has 2 nitrogen and oxygen atoms in total. The zero-order valence-electron chi connectivity index (χ0n) is 13.2. The maximum atomic E-state index is 6.11. The van der Waals surface area contributed by atoms with Gasteiger partial charge in [-0.3, -0.25) is 0 Å². The van der Waals surface area contributed by atoms with Gasteiger partial charge in [0.15, 0.2) is 0 Å². The molecule has 0 bridgehead atoms. The van der Waals surface area contributed by atoms with Crippen LogP contribution < -0.4 is 4.74 Å². The van der Waals surface area contributed by atoms with E-state index < -0.39 is 0 Å². The van der Waals surface area contributed by atoms with Gasteiger partial charge in [0.05, 0.1) is 0 Å². The minimum Gasteiger partial charge on any atom is -0.465 e. The first-order valence-corrected chi connectivity index (χ1v) is 8.21. The lowest BCUT2D eigenvalue weighted by Crippen LogP contribution is -2.29. The van der Waals surface area contributed by atoms with Crippen molar-refractivity contribution in [3.8, 4) is 5.75 Å². The first-order chi connectivity index (χ1) is 11.4. The van der Waals surface area contributed by atoms with Crippen LogP contribution in [-0.2, 0) is 4.74 Å². The van der Waals surface area contributed by atoms with E-state index in [0.29, 0.717) is 12.5 Å². The molecule has 0 fully saturated rings. The summed E-state index contributed by atoms with van der Waals surface area (Å²) in [4.78, 5) is 0. The van der Waals surface area contributed by atoms with Crippen LogP contribution in [0.3, 0.4) is 0 Å². The maximum absolute atomic E-state index is 6.11. The van der Waals surface area contributed by atoms with Gasteiger partial charge in [-0.25, -0.2) is 0 Å². The topological polar surface area (TPSA) is 18.5 Å². The molecule has 116 valence electrons. The molecule has 3 aromatic carbocycles. The van der Waals surface area contributed by atoms with E-state index in [1.807, 2.05) is 6.92 Å². The molecule has 0 aromatic heterocycles. The lowest BCUT2D eigenvalue weighted by Gasteiger charge is -2.33. The number of fused-ring (bicyclic) bond motifs is 3. The third-order valence-electron chi connectivity index (χ3n) is 4.52. The summed E-state index contributed by atoms with van der Waals surface area (Å²) < 4.78 is 11.9. The molecule has 1 aliphatic heterocycles. The fourth-order valence-corrected chi connectivity index (χ4v) is 3.51. The molecule has 2 heteroatoms. The summed E-state index contributed by atoms with van der Waals surface area (Å²) in [6.45, 7) is 2.67. The zero-order valence-corrected chi connectivity index (χ0v) is 13.2. The largest absolute Gasteiger partial charge is 0.465 e. The molecule has 23 heavy (non-hydrogen) atoms. The van der Waals surface area contributed by atoms with Crippen LogP contribution in [0.1, 0.15) is 30.4 Å². The molecule has 0 radical (unpaired) electrons. The Morgan fingerprint density at radius 1 is 0.957 bits per heavy atom. The first-order valence-electron chi connectivity index (χ1n) is 8.21. The number of rotatable bonds is 3. The Hall–Kier alpha value is -2.32. The normalized spacial score (nSPS) is 20.0. The van der Waals surface area contributed by atoms with Crippen molar-refractivity contribution in [1.29, 1.82) is 0 Å². The van der Waals surface area contributed by atoms with E-state index in [2.05, 4.69) is 66.7 Å². The second kappa shape index (κ2) is 6.05. The van der Waals surface area contributed by atoms with Crippen molar-refractivity contribution in [2.45, 2.75) is 25.6 Å². The van der Waals surface area contributed by atoms with Crippen LogP contribution in [0, 0.1) is 0 Å². The molecule has 4 rings (SSSR count). The molecule has 0 saturated heterocycles. The molecule has 1 heterocycles. The van der Waals surface area contributed by atoms with Gasteiger partial charge in [-0.2, -0.15) is 0 Å². The van der Waals surface area contributed by atoms with E-state index in [4.69, 9.17) is 9.47 Å². The Morgan fingerprint density at radius 2 is 1.74 bits per heavy atom. The minimum atomic E-state index is -0.182. The summed E-state index contributed by atoms with van der Waals surface area (Å²) in [6.07, 6.45) is 0.664. The average Bonchev–Trinajstić information content (AvgIpc) is 2.62. The molecule has 2 unspecified atom stereocenters. The minimum absolute atomic E-state index is 0.182. The summed E-state index contributed by atoms with van der Waals surface area (Å²) in [5.41, 5.74) is 2.60. The predicted molar refractivity (Wildman–Crippen MR) is 92.9 cm³/mol. The van der Waals surface area contributed by atoms with Crippen molar-refractivity contribution < 1.29 is 9.47 Å². The van der Waals surface area contributed by atoms with Gasteiger partial charge < -0.3 is 9.47 Å².